The number of hydrogen-bond donors (Lipinski definition) is 1. The molecular formula is C24H28N2O3S3. The molecule has 2 aliphatic rings. The lowest BCUT2D eigenvalue weighted by molar-refractivity contribution is -0.130. The smallest absolute Gasteiger partial charge is 0.262 e. The minimum absolute atomic E-state index is 0.0422. The fourth-order valence-corrected chi connectivity index (χ4v) is 7.35. The van der Waals surface area contributed by atoms with Gasteiger partial charge >= 0.3 is 0 Å². The van der Waals surface area contributed by atoms with E-state index in [0.29, 0.717) is 22.4 Å². The van der Waals surface area contributed by atoms with Gasteiger partial charge in [0, 0.05) is 30.3 Å². The third kappa shape index (κ3) is 6.86. The van der Waals surface area contributed by atoms with Gasteiger partial charge in [-0.25, -0.2) is 0 Å². The van der Waals surface area contributed by atoms with Gasteiger partial charge in [0.05, 0.1) is 11.0 Å². The Balaban J connectivity index is 1.21. The van der Waals surface area contributed by atoms with Crippen LogP contribution in [0.3, 0.4) is 0 Å². The third-order valence-corrected chi connectivity index (χ3v) is 9.26. The Hall–Kier alpha value is -1.77. The molecule has 2 saturated heterocycles. The zero-order valence-electron chi connectivity index (χ0n) is 18.0. The van der Waals surface area contributed by atoms with Crippen molar-refractivity contribution in [3.63, 3.8) is 0 Å². The van der Waals surface area contributed by atoms with Crippen LogP contribution in [0.1, 0.15) is 22.1 Å². The van der Waals surface area contributed by atoms with Crippen molar-refractivity contribution < 1.29 is 14.3 Å². The number of benzene rings is 2. The zero-order chi connectivity index (χ0) is 22.2. The van der Waals surface area contributed by atoms with Gasteiger partial charge in [-0.3, -0.25) is 9.59 Å². The van der Waals surface area contributed by atoms with Gasteiger partial charge in [0.2, 0.25) is 5.91 Å². The summed E-state index contributed by atoms with van der Waals surface area (Å²) in [4.78, 5) is 26.6. The van der Waals surface area contributed by atoms with Crippen LogP contribution < -0.4 is 10.1 Å². The van der Waals surface area contributed by atoms with E-state index in [1.165, 1.54) is 23.5 Å². The van der Waals surface area contributed by atoms with Crippen molar-refractivity contribution in [2.24, 2.45) is 0 Å². The maximum Gasteiger partial charge on any atom is 0.262 e. The molecule has 0 bridgehead atoms. The summed E-state index contributed by atoms with van der Waals surface area (Å²) in [5, 5.41) is 2.85. The van der Waals surface area contributed by atoms with Gasteiger partial charge in [0.15, 0.2) is 6.61 Å². The molecule has 5 nitrogen and oxygen atoms in total. The van der Waals surface area contributed by atoms with E-state index in [-0.39, 0.29) is 18.4 Å². The highest BCUT2D eigenvalue weighted by atomic mass is 32.2. The monoisotopic (exact) mass is 488 g/mol. The highest BCUT2D eigenvalue weighted by molar-refractivity contribution is 8.16. The van der Waals surface area contributed by atoms with Crippen LogP contribution in [0.5, 0.6) is 5.75 Å². The number of ether oxygens (including phenoxy) is 1. The minimum atomic E-state index is -0.206. The van der Waals surface area contributed by atoms with Crippen molar-refractivity contribution in [1.82, 2.24) is 4.90 Å². The number of hydrogen-bond acceptors (Lipinski definition) is 6. The molecule has 2 aromatic carbocycles. The fourth-order valence-electron chi connectivity index (χ4n) is 3.55. The molecule has 0 aliphatic carbocycles. The summed E-state index contributed by atoms with van der Waals surface area (Å²) in [6.07, 6.45) is 1.68. The van der Waals surface area contributed by atoms with Gasteiger partial charge in [-0.1, -0.05) is 24.3 Å². The number of carbonyl (C=O) groups excluding carboxylic acids is 2. The van der Waals surface area contributed by atoms with Crippen LogP contribution in [0.25, 0.3) is 0 Å². The highest BCUT2D eigenvalue weighted by Gasteiger charge is 2.17. The lowest BCUT2D eigenvalue weighted by atomic mass is 10.1. The molecule has 2 fully saturated rings. The predicted octanol–water partition coefficient (Wildman–Crippen LogP) is 4.69. The molecule has 2 aromatic rings. The molecule has 0 radical (unpaired) electrons. The lowest BCUT2D eigenvalue weighted by Crippen LogP contribution is -2.38. The van der Waals surface area contributed by atoms with Gasteiger partial charge in [-0.2, -0.15) is 11.8 Å². The Morgan fingerprint density at radius 2 is 1.62 bits per heavy atom. The number of carbonyl (C=O) groups is 2. The Kier molecular flexibility index (Phi) is 8.70. The maximum atomic E-state index is 12.4. The largest absolute Gasteiger partial charge is 0.484 e. The molecule has 0 aromatic heterocycles. The molecule has 170 valence electrons. The van der Waals surface area contributed by atoms with E-state index >= 15 is 0 Å². The van der Waals surface area contributed by atoms with Crippen molar-refractivity contribution in [3.8, 4) is 5.75 Å². The predicted molar refractivity (Wildman–Crippen MR) is 137 cm³/mol. The number of amides is 2. The Morgan fingerprint density at radius 3 is 2.31 bits per heavy atom. The second-order valence-electron chi connectivity index (χ2n) is 7.70. The van der Waals surface area contributed by atoms with E-state index in [2.05, 4.69) is 17.4 Å². The Labute approximate surface area is 202 Å². The zero-order valence-corrected chi connectivity index (χ0v) is 20.4. The first kappa shape index (κ1) is 23.4. The molecule has 0 unspecified atom stereocenters. The maximum absolute atomic E-state index is 12.4. The normalized spacial score (nSPS) is 17.1. The van der Waals surface area contributed by atoms with Crippen molar-refractivity contribution in [2.75, 3.05) is 48.0 Å². The van der Waals surface area contributed by atoms with Crippen molar-refractivity contribution in [1.29, 1.82) is 0 Å². The van der Waals surface area contributed by atoms with Gasteiger partial charge in [0.25, 0.3) is 5.91 Å². The molecule has 2 aliphatic heterocycles. The van der Waals surface area contributed by atoms with E-state index in [1.807, 2.05) is 76.6 Å². The SMILES string of the molecule is O=C(COc1ccc(C2SCCCS2)cc1)Nc1ccc(CC(=O)N2CCSCC2)cc1. The summed E-state index contributed by atoms with van der Waals surface area (Å²) in [6, 6.07) is 15.5. The lowest BCUT2D eigenvalue weighted by Gasteiger charge is -2.26. The molecule has 8 heteroatoms. The first-order valence-corrected chi connectivity index (χ1v) is 14.1. The number of nitrogens with one attached hydrogen (secondary N) is 1. The van der Waals surface area contributed by atoms with Gasteiger partial charge < -0.3 is 15.0 Å². The van der Waals surface area contributed by atoms with Gasteiger partial charge in [-0.05, 0) is 53.3 Å². The van der Waals surface area contributed by atoms with Crippen LogP contribution in [-0.4, -0.2) is 59.4 Å². The van der Waals surface area contributed by atoms with Crippen LogP contribution in [0.2, 0.25) is 0 Å². The molecule has 0 saturated carbocycles. The van der Waals surface area contributed by atoms with Crippen LogP contribution in [0.4, 0.5) is 5.69 Å². The highest BCUT2D eigenvalue weighted by Crippen LogP contribution is 2.43. The van der Waals surface area contributed by atoms with Crippen LogP contribution in [0, 0.1) is 0 Å². The summed E-state index contributed by atoms with van der Waals surface area (Å²) in [6.45, 7) is 1.62. The van der Waals surface area contributed by atoms with Crippen molar-refractivity contribution in [3.05, 3.63) is 59.7 Å². The average molecular weight is 489 g/mol. The van der Waals surface area contributed by atoms with E-state index in [0.717, 1.165) is 30.2 Å². The van der Waals surface area contributed by atoms with Crippen molar-refractivity contribution >= 4 is 52.8 Å². The summed E-state index contributed by atoms with van der Waals surface area (Å²) in [5.41, 5.74) is 2.96. The average Bonchev–Trinajstić information content (AvgIpc) is 2.85. The minimum Gasteiger partial charge on any atom is -0.484 e. The van der Waals surface area contributed by atoms with Gasteiger partial charge in [-0.15, -0.1) is 23.5 Å². The summed E-state index contributed by atoms with van der Waals surface area (Å²) in [5.74, 6) is 5.11. The molecule has 4 rings (SSSR count). The van der Waals surface area contributed by atoms with Crippen LogP contribution >= 0.6 is 35.3 Å². The fraction of sp³-hybridized carbons (Fsp3) is 0.417. The summed E-state index contributed by atoms with van der Waals surface area (Å²) in [7, 11) is 0. The van der Waals surface area contributed by atoms with E-state index in [9.17, 15) is 9.59 Å². The second-order valence-corrected chi connectivity index (χ2v) is 11.6. The Bertz CT molecular complexity index is 894. The Morgan fingerprint density at radius 1 is 0.938 bits per heavy atom. The molecule has 32 heavy (non-hydrogen) atoms. The van der Waals surface area contributed by atoms with Gasteiger partial charge in [0.1, 0.15) is 5.75 Å². The van der Waals surface area contributed by atoms with Crippen LogP contribution in [-0.2, 0) is 16.0 Å². The molecule has 1 N–H and O–H groups in total. The second kappa shape index (κ2) is 11.9. The third-order valence-electron chi connectivity index (χ3n) is 5.31. The number of rotatable bonds is 7. The van der Waals surface area contributed by atoms with Crippen LogP contribution in [0.15, 0.2) is 48.5 Å². The first-order valence-electron chi connectivity index (χ1n) is 10.9. The van der Waals surface area contributed by atoms with E-state index in [1.54, 1.807) is 0 Å². The quantitative estimate of drug-likeness (QED) is 0.610. The van der Waals surface area contributed by atoms with E-state index < -0.39 is 0 Å². The topological polar surface area (TPSA) is 58.6 Å². The van der Waals surface area contributed by atoms with Crippen molar-refractivity contribution in [2.45, 2.75) is 17.4 Å². The number of nitrogens with zero attached hydrogens (tertiary/aromatic N) is 1. The molecule has 0 spiro atoms. The summed E-state index contributed by atoms with van der Waals surface area (Å²) < 4.78 is 6.15. The molecule has 2 amide bonds. The number of thioether (sulfide) groups is 3. The first-order chi connectivity index (χ1) is 15.7. The molecule has 2 heterocycles. The van der Waals surface area contributed by atoms with E-state index in [4.69, 9.17) is 4.74 Å². The molecule has 0 atom stereocenters. The number of anilines is 1. The standard InChI is InChI=1S/C24H28N2O3S3/c27-22(17-29-21-8-4-19(5-9-21)24-31-12-1-13-32-24)25-20-6-2-18(3-7-20)16-23(28)26-10-14-30-15-11-26/h2-9,24H,1,10-17H2,(H,25,27). The molecular weight excluding hydrogens is 460 g/mol. The summed E-state index contributed by atoms with van der Waals surface area (Å²) >= 11 is 5.87.